The van der Waals surface area contributed by atoms with Gasteiger partial charge in [0.1, 0.15) is 12.4 Å². The zero-order valence-corrected chi connectivity index (χ0v) is 11.5. The number of carbonyl (C=O) groups is 1. The minimum absolute atomic E-state index is 0.0953. The fourth-order valence-corrected chi connectivity index (χ4v) is 1.97. The van der Waals surface area contributed by atoms with E-state index in [9.17, 15) is 9.18 Å². The van der Waals surface area contributed by atoms with Gasteiger partial charge in [0.15, 0.2) is 11.5 Å². The monoisotopic (exact) mass is 300 g/mol. The van der Waals surface area contributed by atoms with Gasteiger partial charge in [-0.1, -0.05) is 30.3 Å². The Labute approximate surface area is 126 Å². The van der Waals surface area contributed by atoms with Crippen LogP contribution in [0.2, 0.25) is 0 Å². The molecule has 0 fully saturated rings. The molecule has 0 aromatic heterocycles. The maximum atomic E-state index is 13.4. The summed E-state index contributed by atoms with van der Waals surface area (Å²) in [6.45, 7) is 0.0953. The molecule has 0 spiro atoms. The molecular formula is C16H13FN2O3. The molecule has 2 aromatic rings. The Kier molecular flexibility index (Phi) is 4.00. The maximum absolute atomic E-state index is 13.4. The maximum Gasteiger partial charge on any atom is 0.284 e. The Morgan fingerprint density at radius 2 is 1.91 bits per heavy atom. The second kappa shape index (κ2) is 6.26. The largest absolute Gasteiger partial charge is 0.485 e. The molecule has 22 heavy (non-hydrogen) atoms. The number of ether oxygens (including phenoxy) is 2. The number of hydrogen-bond donors (Lipinski definition) is 1. The van der Waals surface area contributed by atoms with Crippen LogP contribution in [0.3, 0.4) is 0 Å². The highest BCUT2D eigenvalue weighted by Gasteiger charge is 2.26. The molecule has 1 atom stereocenters. The second-order valence-corrected chi connectivity index (χ2v) is 4.62. The lowest BCUT2D eigenvalue weighted by molar-refractivity contribution is -0.130. The van der Waals surface area contributed by atoms with Crippen molar-refractivity contribution in [2.45, 2.75) is 6.10 Å². The van der Waals surface area contributed by atoms with Gasteiger partial charge >= 0.3 is 0 Å². The van der Waals surface area contributed by atoms with E-state index in [0.29, 0.717) is 11.5 Å². The number of fused-ring (bicyclic) bond motifs is 1. The summed E-state index contributed by atoms with van der Waals surface area (Å²) in [6.07, 6.45) is 0.442. The molecule has 0 radical (unpaired) electrons. The Balaban J connectivity index is 1.60. The average molecular weight is 300 g/mol. The van der Waals surface area contributed by atoms with Crippen molar-refractivity contribution in [2.24, 2.45) is 5.10 Å². The number of rotatable bonds is 3. The van der Waals surface area contributed by atoms with Crippen LogP contribution in [0, 0.1) is 5.82 Å². The number of halogens is 1. The van der Waals surface area contributed by atoms with Crippen molar-refractivity contribution in [3.63, 3.8) is 0 Å². The van der Waals surface area contributed by atoms with Crippen LogP contribution in [0.5, 0.6) is 11.5 Å². The first-order valence-corrected chi connectivity index (χ1v) is 6.70. The summed E-state index contributed by atoms with van der Waals surface area (Å²) in [5.41, 5.74) is 2.60. The Morgan fingerprint density at radius 1 is 1.18 bits per heavy atom. The Hall–Kier alpha value is -2.89. The summed E-state index contributed by atoms with van der Waals surface area (Å²) in [5, 5.41) is 3.73. The fraction of sp³-hybridized carbons (Fsp3) is 0.125. The molecule has 2 aromatic carbocycles. The zero-order chi connectivity index (χ0) is 15.4. The van der Waals surface area contributed by atoms with Crippen molar-refractivity contribution in [1.29, 1.82) is 0 Å². The molecule has 6 heteroatoms. The van der Waals surface area contributed by atoms with Crippen LogP contribution in [0.25, 0.3) is 0 Å². The summed E-state index contributed by atoms with van der Waals surface area (Å²) in [5.74, 6) is 0.238. The topological polar surface area (TPSA) is 59.9 Å². The molecule has 1 heterocycles. The molecule has 1 amide bonds. The van der Waals surface area contributed by atoms with E-state index in [-0.39, 0.29) is 12.2 Å². The Bertz CT molecular complexity index is 718. The van der Waals surface area contributed by atoms with Crippen LogP contribution in [-0.2, 0) is 4.79 Å². The van der Waals surface area contributed by atoms with Gasteiger partial charge in [-0.05, 0) is 18.2 Å². The number of benzene rings is 2. The molecule has 0 saturated carbocycles. The minimum atomic E-state index is -0.798. The SMILES string of the molecule is O=C(N/N=C/c1ccccc1F)C1COc2ccccc2O1. The van der Waals surface area contributed by atoms with Gasteiger partial charge in [-0.3, -0.25) is 4.79 Å². The third-order valence-corrected chi connectivity index (χ3v) is 3.08. The molecule has 0 bridgehead atoms. The van der Waals surface area contributed by atoms with Gasteiger partial charge in [0.2, 0.25) is 6.10 Å². The van der Waals surface area contributed by atoms with Crippen LogP contribution in [-0.4, -0.2) is 24.8 Å². The Morgan fingerprint density at radius 3 is 2.73 bits per heavy atom. The molecule has 1 aliphatic rings. The van der Waals surface area contributed by atoms with Crippen LogP contribution < -0.4 is 14.9 Å². The predicted molar refractivity (Wildman–Crippen MR) is 78.5 cm³/mol. The second-order valence-electron chi connectivity index (χ2n) is 4.62. The average Bonchev–Trinajstić information content (AvgIpc) is 2.56. The van der Waals surface area contributed by atoms with Crippen LogP contribution in [0.15, 0.2) is 53.6 Å². The molecule has 1 N–H and O–H groups in total. The van der Waals surface area contributed by atoms with E-state index in [1.807, 2.05) is 6.07 Å². The highest BCUT2D eigenvalue weighted by Crippen LogP contribution is 2.30. The van der Waals surface area contributed by atoms with E-state index in [1.165, 1.54) is 12.3 Å². The van der Waals surface area contributed by atoms with Gasteiger partial charge in [-0.15, -0.1) is 0 Å². The lowest BCUT2D eigenvalue weighted by Crippen LogP contribution is -2.42. The lowest BCUT2D eigenvalue weighted by Gasteiger charge is -2.24. The first-order valence-electron chi connectivity index (χ1n) is 6.70. The molecular weight excluding hydrogens is 287 g/mol. The first kappa shape index (κ1) is 14.1. The molecule has 1 unspecified atom stereocenters. The molecule has 5 nitrogen and oxygen atoms in total. The molecule has 112 valence electrons. The minimum Gasteiger partial charge on any atom is -0.485 e. The normalized spacial score (nSPS) is 16.5. The summed E-state index contributed by atoms with van der Waals surface area (Å²) in [6, 6.07) is 13.2. The van der Waals surface area contributed by atoms with Gasteiger partial charge in [0, 0.05) is 5.56 Å². The van der Waals surface area contributed by atoms with Crippen molar-refractivity contribution < 1.29 is 18.7 Å². The summed E-state index contributed by atoms with van der Waals surface area (Å²) < 4.78 is 24.4. The summed E-state index contributed by atoms with van der Waals surface area (Å²) in [4.78, 5) is 12.0. The van der Waals surface area contributed by atoms with E-state index in [4.69, 9.17) is 9.47 Å². The molecule has 3 rings (SSSR count). The highest BCUT2D eigenvalue weighted by molar-refractivity contribution is 5.85. The number of carbonyl (C=O) groups excluding carboxylic acids is 1. The van der Waals surface area contributed by atoms with Crippen molar-refractivity contribution in [1.82, 2.24) is 5.43 Å². The van der Waals surface area contributed by atoms with Crippen LogP contribution in [0.4, 0.5) is 4.39 Å². The van der Waals surface area contributed by atoms with Gasteiger partial charge in [0.05, 0.1) is 6.21 Å². The number of amides is 1. The zero-order valence-electron chi connectivity index (χ0n) is 11.5. The van der Waals surface area contributed by atoms with E-state index in [0.717, 1.165) is 0 Å². The number of nitrogens with zero attached hydrogens (tertiary/aromatic N) is 1. The van der Waals surface area contributed by atoms with Gasteiger partial charge in [0.25, 0.3) is 5.91 Å². The van der Waals surface area contributed by atoms with Gasteiger partial charge in [-0.2, -0.15) is 5.10 Å². The lowest BCUT2D eigenvalue weighted by atomic mass is 10.2. The summed E-state index contributed by atoms with van der Waals surface area (Å²) in [7, 11) is 0. The molecule has 1 aliphatic heterocycles. The predicted octanol–water partition coefficient (Wildman–Crippen LogP) is 2.12. The van der Waals surface area contributed by atoms with Gasteiger partial charge in [-0.25, -0.2) is 9.82 Å². The molecule has 0 aliphatic carbocycles. The fourth-order valence-electron chi connectivity index (χ4n) is 1.97. The van der Waals surface area contributed by atoms with Crippen molar-refractivity contribution >= 4 is 12.1 Å². The van der Waals surface area contributed by atoms with Gasteiger partial charge < -0.3 is 9.47 Å². The quantitative estimate of drug-likeness (QED) is 0.697. The summed E-state index contributed by atoms with van der Waals surface area (Å²) >= 11 is 0. The van der Waals surface area contributed by atoms with E-state index in [1.54, 1.807) is 36.4 Å². The van der Waals surface area contributed by atoms with E-state index in [2.05, 4.69) is 10.5 Å². The first-order chi connectivity index (χ1) is 10.7. The third kappa shape index (κ3) is 3.06. The number of para-hydroxylation sites is 2. The van der Waals surface area contributed by atoms with E-state index < -0.39 is 17.8 Å². The third-order valence-electron chi connectivity index (χ3n) is 3.08. The number of hydrogen-bond acceptors (Lipinski definition) is 4. The molecule has 0 saturated heterocycles. The van der Waals surface area contributed by atoms with Crippen LogP contribution >= 0.6 is 0 Å². The highest BCUT2D eigenvalue weighted by atomic mass is 19.1. The smallest absolute Gasteiger partial charge is 0.284 e. The standard InChI is InChI=1S/C16H13FN2O3/c17-12-6-2-1-5-11(12)9-18-19-16(20)15-10-21-13-7-3-4-8-14(13)22-15/h1-9,15H,10H2,(H,19,20)/b18-9+. The van der Waals surface area contributed by atoms with Crippen molar-refractivity contribution in [3.8, 4) is 11.5 Å². The van der Waals surface area contributed by atoms with Crippen molar-refractivity contribution in [3.05, 3.63) is 59.9 Å². The van der Waals surface area contributed by atoms with Crippen molar-refractivity contribution in [2.75, 3.05) is 6.61 Å². The van der Waals surface area contributed by atoms with Crippen LogP contribution in [0.1, 0.15) is 5.56 Å². The van der Waals surface area contributed by atoms with E-state index >= 15 is 0 Å². The number of nitrogens with one attached hydrogen (secondary N) is 1. The number of hydrazone groups is 1.